The van der Waals surface area contributed by atoms with Crippen LogP contribution in [0.5, 0.6) is 5.75 Å². The molecule has 0 amide bonds. The molecule has 18 heavy (non-hydrogen) atoms. The summed E-state index contributed by atoms with van der Waals surface area (Å²) in [5.41, 5.74) is 0.820. The van der Waals surface area contributed by atoms with Gasteiger partial charge >= 0.3 is 5.97 Å². The molecule has 2 atom stereocenters. The second kappa shape index (κ2) is 6.89. The van der Waals surface area contributed by atoms with E-state index in [9.17, 15) is 9.00 Å². The predicted molar refractivity (Wildman–Crippen MR) is 74.3 cm³/mol. The number of carboxylic acids is 1. The topological polar surface area (TPSA) is 63.6 Å². The van der Waals surface area contributed by atoms with E-state index in [2.05, 4.69) is 15.9 Å². The molecule has 0 bridgehead atoms. The minimum absolute atomic E-state index is 0.230. The zero-order valence-electron chi connectivity index (χ0n) is 10.2. The number of benzene rings is 1. The number of ether oxygens (including phenoxy) is 1. The molecule has 0 fully saturated rings. The van der Waals surface area contributed by atoms with E-state index in [0.29, 0.717) is 12.2 Å². The summed E-state index contributed by atoms with van der Waals surface area (Å²) < 4.78 is 17.8. The van der Waals surface area contributed by atoms with Gasteiger partial charge in [0.15, 0.2) is 0 Å². The van der Waals surface area contributed by atoms with E-state index >= 15 is 0 Å². The predicted octanol–water partition coefficient (Wildman–Crippen LogP) is 2.57. The molecular weight excluding hydrogens is 320 g/mol. The van der Waals surface area contributed by atoms with Crippen LogP contribution in [0.3, 0.4) is 0 Å². The molecule has 0 spiro atoms. The van der Waals surface area contributed by atoms with Gasteiger partial charge in [0.2, 0.25) is 0 Å². The summed E-state index contributed by atoms with van der Waals surface area (Å²) in [5, 5.41) is 8.12. The van der Waals surface area contributed by atoms with Crippen molar-refractivity contribution in [3.8, 4) is 5.75 Å². The van der Waals surface area contributed by atoms with Crippen molar-refractivity contribution in [2.24, 2.45) is 0 Å². The van der Waals surface area contributed by atoms with E-state index in [1.54, 1.807) is 32.2 Å². The Balaban J connectivity index is 2.82. The standard InChI is InChI=1S/C12H15BrO4S/c1-3-11(12(14)15)18(16)7-8-4-5-10(17-2)9(13)6-8/h4-6,11H,3,7H2,1-2H3,(H,14,15). The van der Waals surface area contributed by atoms with Gasteiger partial charge in [0.1, 0.15) is 11.0 Å². The van der Waals surface area contributed by atoms with Gasteiger partial charge in [-0.3, -0.25) is 9.00 Å². The van der Waals surface area contributed by atoms with Crippen LogP contribution in [0.15, 0.2) is 22.7 Å². The van der Waals surface area contributed by atoms with Crippen LogP contribution in [-0.4, -0.2) is 27.6 Å². The lowest BCUT2D eigenvalue weighted by atomic mass is 10.2. The largest absolute Gasteiger partial charge is 0.496 e. The highest BCUT2D eigenvalue weighted by Crippen LogP contribution is 2.26. The molecule has 0 aliphatic carbocycles. The van der Waals surface area contributed by atoms with E-state index in [-0.39, 0.29) is 5.75 Å². The quantitative estimate of drug-likeness (QED) is 0.868. The van der Waals surface area contributed by atoms with Crippen molar-refractivity contribution in [1.82, 2.24) is 0 Å². The molecule has 6 heteroatoms. The minimum Gasteiger partial charge on any atom is -0.496 e. The first-order chi connectivity index (χ1) is 8.49. The molecule has 0 radical (unpaired) electrons. The number of rotatable bonds is 6. The van der Waals surface area contributed by atoms with Crippen LogP contribution in [0.25, 0.3) is 0 Å². The number of methoxy groups -OCH3 is 1. The first-order valence-electron chi connectivity index (χ1n) is 5.42. The van der Waals surface area contributed by atoms with Crippen molar-refractivity contribution in [2.45, 2.75) is 24.3 Å². The van der Waals surface area contributed by atoms with Gasteiger partial charge in [-0.1, -0.05) is 13.0 Å². The number of carbonyl (C=O) groups is 1. The lowest BCUT2D eigenvalue weighted by molar-refractivity contribution is -0.136. The summed E-state index contributed by atoms with van der Waals surface area (Å²) in [6.45, 7) is 1.72. The van der Waals surface area contributed by atoms with E-state index < -0.39 is 22.0 Å². The third-order valence-corrected chi connectivity index (χ3v) is 4.90. The zero-order chi connectivity index (χ0) is 13.7. The van der Waals surface area contributed by atoms with Gasteiger partial charge in [-0.05, 0) is 40.0 Å². The SMILES string of the molecule is CCC(C(=O)O)S(=O)Cc1ccc(OC)c(Br)c1. The highest BCUT2D eigenvalue weighted by atomic mass is 79.9. The molecule has 1 N–H and O–H groups in total. The Labute approximate surface area is 117 Å². The molecule has 0 aliphatic rings. The van der Waals surface area contributed by atoms with E-state index in [0.717, 1.165) is 10.0 Å². The van der Waals surface area contributed by atoms with Gasteiger partial charge in [-0.25, -0.2) is 0 Å². The number of hydrogen-bond donors (Lipinski definition) is 1. The number of hydrogen-bond acceptors (Lipinski definition) is 3. The third-order valence-electron chi connectivity index (χ3n) is 2.49. The van der Waals surface area contributed by atoms with E-state index in [4.69, 9.17) is 9.84 Å². The molecule has 1 aromatic rings. The van der Waals surface area contributed by atoms with Gasteiger partial charge in [0.25, 0.3) is 0 Å². The first-order valence-corrected chi connectivity index (χ1v) is 7.59. The normalized spacial score (nSPS) is 13.9. The molecule has 4 nitrogen and oxygen atoms in total. The molecule has 0 saturated carbocycles. The Morgan fingerprint density at radius 1 is 1.56 bits per heavy atom. The van der Waals surface area contributed by atoms with Crippen molar-refractivity contribution < 1.29 is 18.8 Å². The zero-order valence-corrected chi connectivity index (χ0v) is 12.6. The second-order valence-corrected chi connectivity index (χ2v) is 6.20. The van der Waals surface area contributed by atoms with Crippen molar-refractivity contribution in [1.29, 1.82) is 0 Å². The summed E-state index contributed by atoms with van der Waals surface area (Å²) in [7, 11) is 0.148. The lowest BCUT2D eigenvalue weighted by Crippen LogP contribution is -2.25. The summed E-state index contributed by atoms with van der Waals surface area (Å²) >= 11 is 3.34. The van der Waals surface area contributed by atoms with Crippen LogP contribution in [0.2, 0.25) is 0 Å². The molecule has 2 unspecified atom stereocenters. The molecule has 0 aliphatic heterocycles. The van der Waals surface area contributed by atoms with Crippen molar-refractivity contribution >= 4 is 32.7 Å². The Bertz CT molecular complexity index is 461. The Morgan fingerprint density at radius 2 is 2.22 bits per heavy atom. The number of carboxylic acid groups (broad SMARTS) is 1. The van der Waals surface area contributed by atoms with Gasteiger partial charge < -0.3 is 9.84 Å². The fourth-order valence-corrected chi connectivity index (χ4v) is 3.43. The van der Waals surface area contributed by atoms with Crippen LogP contribution in [-0.2, 0) is 21.3 Å². The van der Waals surface area contributed by atoms with Crippen molar-refractivity contribution in [3.63, 3.8) is 0 Å². The smallest absolute Gasteiger partial charge is 0.319 e. The fraction of sp³-hybridized carbons (Fsp3) is 0.417. The summed E-state index contributed by atoms with van der Waals surface area (Å²) in [6.07, 6.45) is 0.360. The average molecular weight is 335 g/mol. The maximum atomic E-state index is 11.9. The summed E-state index contributed by atoms with van der Waals surface area (Å²) in [4.78, 5) is 10.9. The minimum atomic E-state index is -1.42. The molecule has 100 valence electrons. The van der Waals surface area contributed by atoms with E-state index in [1.807, 2.05) is 0 Å². The van der Waals surface area contributed by atoms with Crippen LogP contribution >= 0.6 is 15.9 Å². The molecule has 0 heterocycles. The van der Waals surface area contributed by atoms with Crippen molar-refractivity contribution in [2.75, 3.05) is 7.11 Å². The monoisotopic (exact) mass is 334 g/mol. The number of aliphatic carboxylic acids is 1. The fourth-order valence-electron chi connectivity index (χ4n) is 1.54. The second-order valence-electron chi connectivity index (χ2n) is 3.73. The Hall–Kier alpha value is -0.880. The molecular formula is C12H15BrO4S. The van der Waals surface area contributed by atoms with Crippen LogP contribution in [0.1, 0.15) is 18.9 Å². The molecule has 1 aromatic carbocycles. The van der Waals surface area contributed by atoms with Crippen LogP contribution in [0.4, 0.5) is 0 Å². The van der Waals surface area contributed by atoms with Crippen molar-refractivity contribution in [3.05, 3.63) is 28.2 Å². The maximum Gasteiger partial charge on any atom is 0.319 e. The third kappa shape index (κ3) is 3.81. The Kier molecular flexibility index (Phi) is 5.81. The first kappa shape index (κ1) is 15.2. The van der Waals surface area contributed by atoms with Gasteiger partial charge in [0, 0.05) is 16.6 Å². The number of halogens is 1. The highest BCUT2D eigenvalue weighted by molar-refractivity contribution is 9.10. The van der Waals surface area contributed by atoms with Crippen LogP contribution < -0.4 is 4.74 Å². The van der Waals surface area contributed by atoms with E-state index in [1.165, 1.54) is 0 Å². The molecule has 0 saturated heterocycles. The average Bonchev–Trinajstić information content (AvgIpc) is 2.29. The van der Waals surface area contributed by atoms with Gasteiger partial charge in [0.05, 0.1) is 11.6 Å². The van der Waals surface area contributed by atoms with Gasteiger partial charge in [-0.15, -0.1) is 0 Å². The molecule has 0 aromatic heterocycles. The summed E-state index contributed by atoms with van der Waals surface area (Å²) in [5.74, 6) is -0.0915. The maximum absolute atomic E-state index is 11.9. The van der Waals surface area contributed by atoms with Gasteiger partial charge in [-0.2, -0.15) is 0 Å². The summed E-state index contributed by atoms with van der Waals surface area (Å²) in [6, 6.07) is 5.35. The Morgan fingerprint density at radius 3 is 2.67 bits per heavy atom. The lowest BCUT2D eigenvalue weighted by Gasteiger charge is -2.10. The molecule has 1 rings (SSSR count). The van der Waals surface area contributed by atoms with Crippen LogP contribution in [0, 0.1) is 0 Å². The highest BCUT2D eigenvalue weighted by Gasteiger charge is 2.22.